The zero-order valence-electron chi connectivity index (χ0n) is 11.6. The van der Waals surface area contributed by atoms with E-state index in [1.807, 2.05) is 24.3 Å². The molecule has 0 aromatic carbocycles. The molecule has 1 aromatic rings. The highest BCUT2D eigenvalue weighted by atomic mass is 16.5. The van der Waals surface area contributed by atoms with Gasteiger partial charge in [0.15, 0.2) is 0 Å². The number of carbonyl (C=O) groups is 1. The molecule has 0 aliphatic rings. The molecule has 1 rings (SSSR count). The normalized spacial score (nSPS) is 12.8. The van der Waals surface area contributed by atoms with Gasteiger partial charge in [0.1, 0.15) is 11.5 Å². The second-order valence-corrected chi connectivity index (χ2v) is 4.56. The third-order valence-corrected chi connectivity index (χ3v) is 2.76. The van der Waals surface area contributed by atoms with Gasteiger partial charge in [0.2, 0.25) is 0 Å². The van der Waals surface area contributed by atoms with E-state index in [0.29, 0.717) is 12.8 Å². The summed E-state index contributed by atoms with van der Waals surface area (Å²) >= 11 is 0. The third-order valence-electron chi connectivity index (χ3n) is 2.76. The van der Waals surface area contributed by atoms with Gasteiger partial charge in [-0.3, -0.25) is 4.79 Å². The first kappa shape index (κ1) is 15.5. The van der Waals surface area contributed by atoms with Crippen LogP contribution in [0.25, 0.3) is 6.08 Å². The molecule has 1 atom stereocenters. The van der Waals surface area contributed by atoms with E-state index in [2.05, 4.69) is 4.74 Å². The van der Waals surface area contributed by atoms with Crippen molar-refractivity contribution in [3.63, 3.8) is 0 Å². The van der Waals surface area contributed by atoms with Crippen LogP contribution in [0.4, 0.5) is 0 Å². The maximum absolute atomic E-state index is 11.0. The predicted octanol–water partition coefficient (Wildman–Crippen LogP) is 2.95. The minimum atomic E-state index is -0.234. The summed E-state index contributed by atoms with van der Waals surface area (Å²) in [4.78, 5) is 11.0. The minimum absolute atomic E-state index is 0.230. The Kier molecular flexibility index (Phi) is 6.97. The first-order valence-corrected chi connectivity index (χ1v) is 6.62. The Bertz CT molecular complexity index is 404. The molecule has 0 amide bonds. The Balaban J connectivity index is 2.30. The summed E-state index contributed by atoms with van der Waals surface area (Å²) in [6.45, 7) is 1.80. The lowest BCUT2D eigenvalue weighted by Gasteiger charge is -1.99. The van der Waals surface area contributed by atoms with Crippen LogP contribution in [-0.4, -0.2) is 24.3 Å². The lowest BCUT2D eigenvalue weighted by Crippen LogP contribution is -2.01. The standard InChI is InChI=1S/C15H22O4/c1-12(16)6-4-3-5-7-13-8-9-14(19-13)10-11-15(17)18-2/h5,7-9,12,16H,3-4,6,10-11H2,1-2H3/b7-5+/t12-/m0/s1. The molecular formula is C15H22O4. The van der Waals surface area contributed by atoms with E-state index in [-0.39, 0.29) is 12.1 Å². The lowest BCUT2D eigenvalue weighted by molar-refractivity contribution is -0.140. The van der Waals surface area contributed by atoms with Crippen molar-refractivity contribution in [1.29, 1.82) is 0 Å². The van der Waals surface area contributed by atoms with E-state index in [4.69, 9.17) is 9.52 Å². The van der Waals surface area contributed by atoms with Crippen molar-refractivity contribution < 1.29 is 19.1 Å². The quantitative estimate of drug-likeness (QED) is 0.580. The number of hydrogen-bond acceptors (Lipinski definition) is 4. The second-order valence-electron chi connectivity index (χ2n) is 4.56. The zero-order valence-corrected chi connectivity index (χ0v) is 11.6. The monoisotopic (exact) mass is 266 g/mol. The average molecular weight is 266 g/mol. The topological polar surface area (TPSA) is 59.7 Å². The number of aliphatic hydroxyl groups excluding tert-OH is 1. The summed E-state index contributed by atoms with van der Waals surface area (Å²) in [5.41, 5.74) is 0. The van der Waals surface area contributed by atoms with Crippen LogP contribution < -0.4 is 0 Å². The van der Waals surface area contributed by atoms with Crippen LogP contribution >= 0.6 is 0 Å². The molecule has 0 unspecified atom stereocenters. The van der Waals surface area contributed by atoms with Crippen LogP contribution in [-0.2, 0) is 16.0 Å². The van der Waals surface area contributed by atoms with Gasteiger partial charge in [-0.1, -0.05) is 6.08 Å². The molecule has 0 fully saturated rings. The van der Waals surface area contributed by atoms with Crippen molar-refractivity contribution in [3.05, 3.63) is 29.7 Å². The minimum Gasteiger partial charge on any atom is -0.469 e. The Labute approximate surface area is 114 Å². The Morgan fingerprint density at radius 2 is 2.32 bits per heavy atom. The molecule has 4 nitrogen and oxygen atoms in total. The third kappa shape index (κ3) is 6.82. The highest BCUT2D eigenvalue weighted by Crippen LogP contribution is 2.13. The number of methoxy groups -OCH3 is 1. The summed E-state index contributed by atoms with van der Waals surface area (Å²) in [7, 11) is 1.38. The van der Waals surface area contributed by atoms with Crippen molar-refractivity contribution in [2.24, 2.45) is 0 Å². The molecule has 0 radical (unpaired) electrons. The molecule has 0 aliphatic carbocycles. The number of hydrogen-bond donors (Lipinski definition) is 1. The average Bonchev–Trinajstić information content (AvgIpc) is 2.83. The molecule has 0 saturated carbocycles. The van der Waals surface area contributed by atoms with E-state index in [1.54, 1.807) is 6.92 Å². The van der Waals surface area contributed by atoms with Gasteiger partial charge >= 0.3 is 5.97 Å². The number of esters is 1. The van der Waals surface area contributed by atoms with E-state index >= 15 is 0 Å². The number of ether oxygens (including phenoxy) is 1. The number of allylic oxidation sites excluding steroid dienone is 1. The molecule has 1 N–H and O–H groups in total. The van der Waals surface area contributed by atoms with E-state index < -0.39 is 0 Å². The number of aryl methyl sites for hydroxylation is 1. The van der Waals surface area contributed by atoms with Gasteiger partial charge in [0.05, 0.1) is 19.6 Å². The molecule has 0 saturated heterocycles. The second kappa shape index (κ2) is 8.53. The molecule has 19 heavy (non-hydrogen) atoms. The summed E-state index contributed by atoms with van der Waals surface area (Å²) in [6.07, 6.45) is 7.31. The van der Waals surface area contributed by atoms with Gasteiger partial charge in [-0.25, -0.2) is 0 Å². The van der Waals surface area contributed by atoms with Crippen LogP contribution in [0, 0.1) is 0 Å². The molecule has 1 heterocycles. The van der Waals surface area contributed by atoms with Gasteiger partial charge in [-0.05, 0) is 44.4 Å². The van der Waals surface area contributed by atoms with Crippen molar-refractivity contribution >= 4 is 12.0 Å². The molecule has 0 spiro atoms. The highest BCUT2D eigenvalue weighted by molar-refractivity contribution is 5.69. The summed E-state index contributed by atoms with van der Waals surface area (Å²) < 4.78 is 10.1. The van der Waals surface area contributed by atoms with Gasteiger partial charge in [-0.2, -0.15) is 0 Å². The Morgan fingerprint density at radius 1 is 1.53 bits per heavy atom. The highest BCUT2D eigenvalue weighted by Gasteiger charge is 2.04. The smallest absolute Gasteiger partial charge is 0.305 e. The lowest BCUT2D eigenvalue weighted by atomic mass is 10.1. The Hall–Kier alpha value is -1.55. The number of carbonyl (C=O) groups excluding carboxylic acids is 1. The maximum Gasteiger partial charge on any atom is 0.305 e. The van der Waals surface area contributed by atoms with E-state index in [1.165, 1.54) is 7.11 Å². The maximum atomic E-state index is 11.0. The molecule has 0 aliphatic heterocycles. The number of aliphatic hydroxyl groups is 1. The van der Waals surface area contributed by atoms with Gasteiger partial charge in [0.25, 0.3) is 0 Å². The van der Waals surface area contributed by atoms with Gasteiger partial charge < -0.3 is 14.3 Å². The van der Waals surface area contributed by atoms with Crippen molar-refractivity contribution in [2.75, 3.05) is 7.11 Å². The summed E-state index contributed by atoms with van der Waals surface area (Å²) in [6, 6.07) is 3.76. The fourth-order valence-electron chi connectivity index (χ4n) is 1.68. The zero-order chi connectivity index (χ0) is 14.1. The first-order valence-electron chi connectivity index (χ1n) is 6.62. The van der Waals surface area contributed by atoms with Crippen molar-refractivity contribution in [3.8, 4) is 0 Å². The largest absolute Gasteiger partial charge is 0.469 e. The number of rotatable bonds is 8. The number of unbranched alkanes of at least 4 members (excludes halogenated alkanes) is 1. The first-order chi connectivity index (χ1) is 9.11. The van der Waals surface area contributed by atoms with Crippen LogP contribution in [0.1, 0.15) is 44.1 Å². The van der Waals surface area contributed by atoms with E-state index in [9.17, 15) is 4.79 Å². The van der Waals surface area contributed by atoms with Gasteiger partial charge in [0, 0.05) is 6.42 Å². The van der Waals surface area contributed by atoms with Crippen molar-refractivity contribution in [2.45, 2.75) is 45.1 Å². The predicted molar refractivity (Wildman–Crippen MR) is 73.6 cm³/mol. The fourth-order valence-corrected chi connectivity index (χ4v) is 1.68. The summed E-state index contributed by atoms with van der Waals surface area (Å²) in [5.74, 6) is 1.34. The van der Waals surface area contributed by atoms with E-state index in [0.717, 1.165) is 30.8 Å². The van der Waals surface area contributed by atoms with Gasteiger partial charge in [-0.15, -0.1) is 0 Å². The summed E-state index contributed by atoms with van der Waals surface area (Å²) in [5, 5.41) is 9.12. The SMILES string of the molecule is COC(=O)CCc1ccc(/C=C/CCC[C@H](C)O)o1. The Morgan fingerprint density at radius 3 is 3.00 bits per heavy atom. The van der Waals surface area contributed by atoms with Crippen LogP contribution in [0.15, 0.2) is 22.6 Å². The van der Waals surface area contributed by atoms with Crippen LogP contribution in [0.3, 0.4) is 0 Å². The molecule has 106 valence electrons. The van der Waals surface area contributed by atoms with Crippen LogP contribution in [0.5, 0.6) is 0 Å². The fraction of sp³-hybridized carbons (Fsp3) is 0.533. The molecular weight excluding hydrogens is 244 g/mol. The van der Waals surface area contributed by atoms with Crippen molar-refractivity contribution in [1.82, 2.24) is 0 Å². The molecule has 4 heteroatoms. The molecule has 1 aromatic heterocycles. The number of furan rings is 1. The van der Waals surface area contributed by atoms with Crippen LogP contribution in [0.2, 0.25) is 0 Å². The molecule has 0 bridgehead atoms.